The van der Waals surface area contributed by atoms with Crippen molar-refractivity contribution in [3.05, 3.63) is 108 Å². The molecule has 32 heavy (non-hydrogen) atoms. The Balaban J connectivity index is 1.98. The molecule has 0 fully saturated rings. The van der Waals surface area contributed by atoms with Crippen LogP contribution < -0.4 is 0 Å². The van der Waals surface area contributed by atoms with E-state index in [9.17, 15) is 0 Å². The predicted molar refractivity (Wildman–Crippen MR) is 139 cm³/mol. The van der Waals surface area contributed by atoms with Gasteiger partial charge in [-0.2, -0.15) is 0 Å². The van der Waals surface area contributed by atoms with Crippen molar-refractivity contribution in [1.29, 1.82) is 0 Å². The van der Waals surface area contributed by atoms with Crippen LogP contribution in [-0.4, -0.2) is 0 Å². The number of rotatable bonds is 9. The van der Waals surface area contributed by atoms with Crippen LogP contribution in [0, 0.1) is 0 Å². The maximum atomic E-state index is 7.96. The molecule has 0 bridgehead atoms. The van der Waals surface area contributed by atoms with Crippen molar-refractivity contribution < 1.29 is 18.8 Å². The van der Waals surface area contributed by atoms with E-state index >= 15 is 0 Å². The molecule has 0 spiro atoms. The fraction of sp³-hybridized carbons (Fsp3) is 0.400. The van der Waals surface area contributed by atoms with Crippen molar-refractivity contribution in [3.63, 3.8) is 0 Å². The van der Waals surface area contributed by atoms with Gasteiger partial charge in [-0.3, -0.25) is 0 Å². The zero-order valence-corrected chi connectivity index (χ0v) is 25.0. The van der Waals surface area contributed by atoms with Gasteiger partial charge in [0.2, 0.25) is 0 Å². The van der Waals surface area contributed by atoms with Gasteiger partial charge in [-0.1, -0.05) is 0 Å². The summed E-state index contributed by atoms with van der Waals surface area (Å²) in [7, 11) is 7.96. The van der Waals surface area contributed by atoms with Crippen molar-refractivity contribution >= 4 is 8.58 Å². The molecule has 0 amide bonds. The average Bonchev–Trinajstić information content (AvgIpc) is 2.74. The monoisotopic (exact) mass is 614 g/mol. The van der Waals surface area contributed by atoms with Crippen LogP contribution >= 0.6 is 8.58 Å². The fourth-order valence-electron chi connectivity index (χ4n) is 5.54. The van der Waals surface area contributed by atoms with Crippen molar-refractivity contribution in [2.24, 2.45) is 0 Å². The molecule has 170 valence electrons. The topological polar surface area (TPSA) is 0 Å². The van der Waals surface area contributed by atoms with Crippen molar-refractivity contribution in [2.45, 2.75) is 70.3 Å². The second-order valence-electron chi connectivity index (χ2n) is 11.4. The van der Waals surface area contributed by atoms with Gasteiger partial charge in [0.15, 0.2) is 0 Å². The van der Waals surface area contributed by atoms with Crippen LogP contribution in [-0.2, 0) is 35.0 Å². The molecule has 0 saturated heterocycles. The first-order valence-corrected chi connectivity index (χ1v) is 23.9. The van der Waals surface area contributed by atoms with Gasteiger partial charge in [-0.25, -0.2) is 0 Å². The van der Waals surface area contributed by atoms with Gasteiger partial charge in [0.1, 0.15) is 0 Å². The molecular formula is C30H39ClHf. The molecule has 3 aromatic carbocycles. The number of halogens is 1. The van der Waals surface area contributed by atoms with Crippen molar-refractivity contribution in [1.82, 2.24) is 0 Å². The maximum absolute atomic E-state index is 7.96. The molecule has 0 nitrogen and oxygen atoms in total. The van der Waals surface area contributed by atoms with E-state index in [-0.39, 0.29) is 16.2 Å². The molecule has 0 aromatic heterocycles. The molecule has 0 saturated carbocycles. The molecule has 0 aliphatic carbocycles. The van der Waals surface area contributed by atoms with Gasteiger partial charge < -0.3 is 0 Å². The van der Waals surface area contributed by atoms with Gasteiger partial charge in [0.25, 0.3) is 0 Å². The summed E-state index contributed by atoms with van der Waals surface area (Å²) in [5.41, 5.74) is 4.43. The zero-order valence-electron chi connectivity index (χ0n) is 20.7. The second kappa shape index (κ2) is 9.98. The van der Waals surface area contributed by atoms with E-state index in [1.54, 1.807) is 0 Å². The Morgan fingerprint density at radius 2 is 0.688 bits per heavy atom. The molecule has 0 N–H and O–H groups in total. The summed E-state index contributed by atoms with van der Waals surface area (Å²) < 4.78 is 3.41. The van der Waals surface area contributed by atoms with Crippen LogP contribution in [0.2, 0.25) is 12.5 Å². The minimum absolute atomic E-state index is 0.0735. The quantitative estimate of drug-likeness (QED) is 0.211. The van der Waals surface area contributed by atoms with Gasteiger partial charge in [-0.05, 0) is 0 Å². The third kappa shape index (κ3) is 6.45. The summed E-state index contributed by atoms with van der Waals surface area (Å²) in [6.45, 7) is 14.4. The molecule has 0 radical (unpaired) electrons. The van der Waals surface area contributed by atoms with Gasteiger partial charge >= 0.3 is 205 Å². The third-order valence-electron chi connectivity index (χ3n) is 6.94. The van der Waals surface area contributed by atoms with Gasteiger partial charge in [0.05, 0.1) is 0 Å². The Hall–Kier alpha value is -1.18. The summed E-state index contributed by atoms with van der Waals surface area (Å²) in [6.07, 6.45) is 0. The van der Waals surface area contributed by atoms with E-state index in [1.807, 2.05) is 0 Å². The first kappa shape index (κ1) is 25.4. The molecule has 0 aliphatic heterocycles. The van der Waals surface area contributed by atoms with Crippen molar-refractivity contribution in [3.8, 4) is 0 Å². The van der Waals surface area contributed by atoms with E-state index in [0.717, 1.165) is 12.5 Å². The summed E-state index contributed by atoms with van der Waals surface area (Å²) in [4.78, 5) is 0. The molecular weight excluding hydrogens is 574 g/mol. The van der Waals surface area contributed by atoms with Gasteiger partial charge in [-0.15, -0.1) is 0 Å². The van der Waals surface area contributed by atoms with E-state index < -0.39 is 18.8 Å². The fourth-order valence-corrected chi connectivity index (χ4v) is 34.4. The Morgan fingerprint density at radius 3 is 0.906 bits per heavy atom. The summed E-state index contributed by atoms with van der Waals surface area (Å²) >= 11 is -3.35. The average molecular weight is 614 g/mol. The van der Waals surface area contributed by atoms with E-state index in [4.69, 9.17) is 8.58 Å². The van der Waals surface area contributed by atoms with Crippen LogP contribution in [0.5, 0.6) is 0 Å². The zero-order chi connectivity index (χ0) is 23.5. The molecule has 0 atom stereocenters. The predicted octanol–water partition coefficient (Wildman–Crippen LogP) is 9.48. The Labute approximate surface area is 204 Å². The molecule has 0 heterocycles. The van der Waals surface area contributed by atoms with E-state index in [2.05, 4.69) is 133 Å². The Bertz CT molecular complexity index is 845. The Morgan fingerprint density at radius 1 is 0.469 bits per heavy atom. The molecule has 3 aromatic rings. The standard InChI is InChI=1S/3C10H13.ClH.Hf/c3*1-10(2,3)9-7-5-4-6-8-9;;/h3*4-8H,1H2,2-3H3;1H;/q;;;;+1/p-1. The van der Waals surface area contributed by atoms with Gasteiger partial charge in [0, 0.05) is 0 Å². The first-order chi connectivity index (χ1) is 14.9. The summed E-state index contributed by atoms with van der Waals surface area (Å²) in [5, 5.41) is 0. The molecule has 3 rings (SSSR count). The van der Waals surface area contributed by atoms with E-state index in [1.165, 1.54) is 16.7 Å². The van der Waals surface area contributed by atoms with Crippen molar-refractivity contribution in [2.75, 3.05) is 0 Å². The van der Waals surface area contributed by atoms with Crippen LogP contribution in [0.4, 0.5) is 0 Å². The minimum atomic E-state index is -3.35. The Kier molecular flexibility index (Phi) is 7.93. The molecule has 0 unspecified atom stereocenters. The van der Waals surface area contributed by atoms with Crippen LogP contribution in [0.15, 0.2) is 91.0 Å². The summed E-state index contributed by atoms with van der Waals surface area (Å²) in [5.74, 6) is 0. The first-order valence-electron chi connectivity index (χ1n) is 11.8. The second-order valence-corrected chi connectivity index (χ2v) is 30.1. The van der Waals surface area contributed by atoms with Crippen LogP contribution in [0.25, 0.3) is 0 Å². The molecule has 2 heteroatoms. The van der Waals surface area contributed by atoms with Crippen LogP contribution in [0.1, 0.15) is 58.2 Å². The number of benzene rings is 3. The van der Waals surface area contributed by atoms with E-state index in [0.29, 0.717) is 0 Å². The number of hydrogen-bond acceptors (Lipinski definition) is 0. The molecule has 0 aliphatic rings. The summed E-state index contributed by atoms with van der Waals surface area (Å²) in [6, 6.07) is 32.9. The number of hydrogen-bond donors (Lipinski definition) is 0. The van der Waals surface area contributed by atoms with Crippen LogP contribution in [0.3, 0.4) is 0 Å². The third-order valence-corrected chi connectivity index (χ3v) is 26.6. The SMILES string of the molecule is CC(C)([CH2][Hf]([Cl])([CH2]C(C)(C)c1ccccc1)[CH2]C(C)(C)c1ccccc1)c1ccccc1. The normalized spacial score (nSPS) is 13.2.